The van der Waals surface area contributed by atoms with Gasteiger partial charge in [0.15, 0.2) is 0 Å². The molecule has 2 bridgehead atoms. The number of piperidine rings is 2. The largest absolute Gasteiger partial charge is 0.497 e. The number of benzene rings is 1. The SMILES string of the molecule is CCCNC1CC2CCCC(C1)N2c1ccc(OC)cc1. The lowest BCUT2D eigenvalue weighted by Gasteiger charge is -2.50. The van der Waals surface area contributed by atoms with Gasteiger partial charge in [0, 0.05) is 23.8 Å². The second kappa shape index (κ2) is 6.69. The Morgan fingerprint density at radius 1 is 1.14 bits per heavy atom. The molecule has 0 aliphatic carbocycles. The minimum Gasteiger partial charge on any atom is -0.497 e. The van der Waals surface area contributed by atoms with Crippen molar-refractivity contribution in [3.63, 3.8) is 0 Å². The van der Waals surface area contributed by atoms with Crippen LogP contribution in [0.15, 0.2) is 24.3 Å². The highest BCUT2D eigenvalue weighted by molar-refractivity contribution is 5.52. The molecule has 0 amide bonds. The van der Waals surface area contributed by atoms with Crippen molar-refractivity contribution in [3.05, 3.63) is 24.3 Å². The van der Waals surface area contributed by atoms with Gasteiger partial charge in [-0.3, -0.25) is 0 Å². The van der Waals surface area contributed by atoms with Crippen LogP contribution in [0.1, 0.15) is 45.4 Å². The molecule has 2 heterocycles. The Morgan fingerprint density at radius 3 is 2.38 bits per heavy atom. The van der Waals surface area contributed by atoms with Crippen LogP contribution in [-0.2, 0) is 0 Å². The molecule has 0 aromatic heterocycles. The molecule has 21 heavy (non-hydrogen) atoms. The van der Waals surface area contributed by atoms with Gasteiger partial charge < -0.3 is 15.0 Å². The van der Waals surface area contributed by atoms with Crippen LogP contribution < -0.4 is 15.0 Å². The van der Waals surface area contributed by atoms with Crippen molar-refractivity contribution in [2.75, 3.05) is 18.6 Å². The van der Waals surface area contributed by atoms with E-state index in [0.29, 0.717) is 12.1 Å². The van der Waals surface area contributed by atoms with Gasteiger partial charge in [-0.25, -0.2) is 0 Å². The highest BCUT2D eigenvalue weighted by Gasteiger charge is 2.37. The molecule has 1 aromatic carbocycles. The normalized spacial score (nSPS) is 28.5. The highest BCUT2D eigenvalue weighted by atomic mass is 16.5. The van der Waals surface area contributed by atoms with Gasteiger partial charge in [-0.2, -0.15) is 0 Å². The fourth-order valence-corrected chi connectivity index (χ4v) is 4.07. The Labute approximate surface area is 128 Å². The van der Waals surface area contributed by atoms with Crippen LogP contribution in [0, 0.1) is 0 Å². The van der Waals surface area contributed by atoms with Gasteiger partial charge in [0.2, 0.25) is 0 Å². The summed E-state index contributed by atoms with van der Waals surface area (Å²) < 4.78 is 5.28. The van der Waals surface area contributed by atoms with Crippen LogP contribution in [0.2, 0.25) is 0 Å². The second-order valence-electron chi connectivity index (χ2n) is 6.47. The maximum atomic E-state index is 5.28. The van der Waals surface area contributed by atoms with Gasteiger partial charge in [0.05, 0.1) is 7.11 Å². The summed E-state index contributed by atoms with van der Waals surface area (Å²) in [7, 11) is 1.73. The minimum atomic E-state index is 0.709. The van der Waals surface area contributed by atoms with E-state index in [4.69, 9.17) is 4.74 Å². The lowest BCUT2D eigenvalue weighted by Crippen LogP contribution is -2.56. The number of nitrogens with zero attached hydrogens (tertiary/aromatic N) is 1. The number of nitrogens with one attached hydrogen (secondary N) is 1. The molecule has 2 aliphatic heterocycles. The average Bonchev–Trinajstić information content (AvgIpc) is 2.52. The van der Waals surface area contributed by atoms with E-state index < -0.39 is 0 Å². The van der Waals surface area contributed by atoms with E-state index in [1.165, 1.54) is 44.2 Å². The Balaban J connectivity index is 1.73. The van der Waals surface area contributed by atoms with Crippen LogP contribution in [0.3, 0.4) is 0 Å². The molecule has 116 valence electrons. The average molecular weight is 288 g/mol. The quantitative estimate of drug-likeness (QED) is 0.896. The maximum absolute atomic E-state index is 5.28. The van der Waals surface area contributed by atoms with Crippen LogP contribution in [0.5, 0.6) is 5.75 Å². The standard InChI is InChI=1S/C18H28N2O/c1-3-11-19-14-12-16-5-4-6-17(13-14)20(16)15-7-9-18(21-2)10-8-15/h7-10,14,16-17,19H,3-6,11-13H2,1-2H3. The van der Waals surface area contributed by atoms with E-state index in [-0.39, 0.29) is 0 Å². The van der Waals surface area contributed by atoms with Gasteiger partial charge in [-0.1, -0.05) is 6.92 Å². The smallest absolute Gasteiger partial charge is 0.119 e. The molecule has 1 aromatic rings. The molecule has 1 N–H and O–H groups in total. The van der Waals surface area contributed by atoms with Crippen LogP contribution in [-0.4, -0.2) is 31.8 Å². The van der Waals surface area contributed by atoms with E-state index in [1.54, 1.807) is 7.11 Å². The van der Waals surface area contributed by atoms with Gasteiger partial charge in [0.25, 0.3) is 0 Å². The number of methoxy groups -OCH3 is 1. The lowest BCUT2D eigenvalue weighted by atomic mass is 9.81. The predicted octanol–water partition coefficient (Wildman–Crippen LogP) is 3.58. The molecule has 0 saturated carbocycles. The van der Waals surface area contributed by atoms with Gasteiger partial charge in [-0.15, -0.1) is 0 Å². The molecule has 2 aliphatic rings. The minimum absolute atomic E-state index is 0.709. The summed E-state index contributed by atoms with van der Waals surface area (Å²) in [5.41, 5.74) is 1.37. The van der Waals surface area contributed by atoms with Gasteiger partial charge in [0.1, 0.15) is 5.75 Å². The van der Waals surface area contributed by atoms with Crippen molar-refractivity contribution in [2.45, 2.75) is 63.6 Å². The Kier molecular flexibility index (Phi) is 4.69. The Morgan fingerprint density at radius 2 is 1.81 bits per heavy atom. The second-order valence-corrected chi connectivity index (χ2v) is 6.47. The summed E-state index contributed by atoms with van der Waals surface area (Å²) >= 11 is 0. The molecule has 2 atom stereocenters. The molecule has 3 nitrogen and oxygen atoms in total. The summed E-state index contributed by atoms with van der Waals surface area (Å²) in [6.45, 7) is 3.41. The first-order chi connectivity index (χ1) is 10.3. The fourth-order valence-electron chi connectivity index (χ4n) is 4.07. The number of rotatable bonds is 5. The topological polar surface area (TPSA) is 24.5 Å². The maximum Gasteiger partial charge on any atom is 0.119 e. The first-order valence-electron chi connectivity index (χ1n) is 8.47. The number of fused-ring (bicyclic) bond motifs is 2. The molecule has 0 spiro atoms. The van der Waals surface area contributed by atoms with Crippen molar-refractivity contribution in [1.29, 1.82) is 0 Å². The molecule has 0 radical (unpaired) electrons. The van der Waals surface area contributed by atoms with Crippen LogP contribution >= 0.6 is 0 Å². The zero-order valence-electron chi connectivity index (χ0n) is 13.3. The Hall–Kier alpha value is -1.22. The molecule has 3 rings (SSSR count). The fraction of sp³-hybridized carbons (Fsp3) is 0.667. The number of hydrogen-bond donors (Lipinski definition) is 1. The lowest BCUT2D eigenvalue weighted by molar-refractivity contribution is 0.246. The third-order valence-corrected chi connectivity index (χ3v) is 5.03. The zero-order chi connectivity index (χ0) is 14.7. The highest BCUT2D eigenvalue weighted by Crippen LogP contribution is 2.38. The van der Waals surface area contributed by atoms with Gasteiger partial charge >= 0.3 is 0 Å². The predicted molar refractivity (Wildman–Crippen MR) is 88.2 cm³/mol. The molecule has 2 saturated heterocycles. The van der Waals surface area contributed by atoms with E-state index in [9.17, 15) is 0 Å². The van der Waals surface area contributed by atoms with Gasteiger partial charge in [-0.05, 0) is 69.3 Å². The third kappa shape index (κ3) is 3.18. The Bertz CT molecular complexity index is 431. The summed E-state index contributed by atoms with van der Waals surface area (Å²) in [5.74, 6) is 0.948. The monoisotopic (exact) mass is 288 g/mol. The summed E-state index contributed by atoms with van der Waals surface area (Å²) in [6, 6.07) is 10.8. The molecule has 2 unspecified atom stereocenters. The first kappa shape index (κ1) is 14.7. The first-order valence-corrected chi connectivity index (χ1v) is 8.47. The molecular weight excluding hydrogens is 260 g/mol. The number of hydrogen-bond acceptors (Lipinski definition) is 3. The van der Waals surface area contributed by atoms with Crippen molar-refractivity contribution in [2.24, 2.45) is 0 Å². The zero-order valence-corrected chi connectivity index (χ0v) is 13.3. The van der Waals surface area contributed by atoms with Crippen molar-refractivity contribution in [1.82, 2.24) is 5.32 Å². The van der Waals surface area contributed by atoms with Crippen molar-refractivity contribution in [3.8, 4) is 5.75 Å². The molecule has 3 heteroatoms. The number of anilines is 1. The summed E-state index contributed by atoms with van der Waals surface area (Å²) in [6.07, 6.45) is 7.89. The van der Waals surface area contributed by atoms with E-state index >= 15 is 0 Å². The number of ether oxygens (including phenoxy) is 1. The molecule has 2 fully saturated rings. The summed E-state index contributed by atoms with van der Waals surface area (Å²) in [5, 5.41) is 3.74. The van der Waals surface area contributed by atoms with E-state index in [0.717, 1.165) is 18.3 Å². The molecular formula is C18H28N2O. The van der Waals surface area contributed by atoms with E-state index in [2.05, 4.69) is 41.4 Å². The van der Waals surface area contributed by atoms with E-state index in [1.807, 2.05) is 0 Å². The third-order valence-electron chi connectivity index (χ3n) is 5.03. The van der Waals surface area contributed by atoms with Crippen LogP contribution in [0.4, 0.5) is 5.69 Å². The van der Waals surface area contributed by atoms with Crippen molar-refractivity contribution >= 4 is 5.69 Å². The summed E-state index contributed by atoms with van der Waals surface area (Å²) in [4.78, 5) is 2.69. The van der Waals surface area contributed by atoms with Crippen molar-refractivity contribution < 1.29 is 4.74 Å². The van der Waals surface area contributed by atoms with Crippen LogP contribution in [0.25, 0.3) is 0 Å².